The molecule has 0 saturated carbocycles. The van der Waals surface area contributed by atoms with Gasteiger partial charge in [0.25, 0.3) is 0 Å². The summed E-state index contributed by atoms with van der Waals surface area (Å²) in [6.07, 6.45) is 6.49. The summed E-state index contributed by atoms with van der Waals surface area (Å²) in [5, 5.41) is 11.8. The Labute approximate surface area is 158 Å². The van der Waals surface area contributed by atoms with Crippen LogP contribution in [0.3, 0.4) is 0 Å². The molecule has 0 unspecified atom stereocenters. The number of amides is 2. The lowest BCUT2D eigenvalue weighted by atomic mass is 9.96. The van der Waals surface area contributed by atoms with Crippen molar-refractivity contribution in [3.63, 3.8) is 0 Å². The summed E-state index contributed by atoms with van der Waals surface area (Å²) in [7, 11) is 0. The van der Waals surface area contributed by atoms with E-state index in [1.807, 2.05) is 11.0 Å². The topological polar surface area (TPSA) is 63.1 Å². The lowest BCUT2D eigenvalue weighted by Gasteiger charge is -2.31. The van der Waals surface area contributed by atoms with Gasteiger partial charge in [0.05, 0.1) is 0 Å². The van der Waals surface area contributed by atoms with Gasteiger partial charge in [-0.05, 0) is 43.4 Å². The Kier molecular flexibility index (Phi) is 5.36. The van der Waals surface area contributed by atoms with Gasteiger partial charge in [0.2, 0.25) is 0 Å². The van der Waals surface area contributed by atoms with E-state index < -0.39 is 0 Å². The molecule has 7 heteroatoms. The van der Waals surface area contributed by atoms with Crippen LogP contribution in [-0.2, 0) is 19.5 Å². The minimum Gasteiger partial charge on any atom is -0.334 e. The summed E-state index contributed by atoms with van der Waals surface area (Å²) in [4.78, 5) is 14.3. The fraction of sp³-hybridized carbons (Fsp3) is 0.550. The van der Waals surface area contributed by atoms with E-state index >= 15 is 0 Å². The molecule has 0 radical (unpaired) electrons. The maximum absolute atomic E-state index is 13.2. The fourth-order valence-corrected chi connectivity index (χ4v) is 4.09. The van der Waals surface area contributed by atoms with E-state index in [-0.39, 0.29) is 11.8 Å². The summed E-state index contributed by atoms with van der Waals surface area (Å²) in [6.45, 7) is 2.78. The van der Waals surface area contributed by atoms with Crippen LogP contribution in [0.15, 0.2) is 24.3 Å². The van der Waals surface area contributed by atoms with Crippen molar-refractivity contribution in [2.45, 2.75) is 57.5 Å². The first-order chi connectivity index (χ1) is 13.2. The number of nitrogens with one attached hydrogen (secondary N) is 1. The second kappa shape index (κ2) is 8.06. The van der Waals surface area contributed by atoms with Crippen LogP contribution in [0.4, 0.5) is 9.18 Å². The first-order valence-electron chi connectivity index (χ1n) is 9.90. The van der Waals surface area contributed by atoms with E-state index in [0.717, 1.165) is 43.0 Å². The molecular weight excluding hydrogens is 345 g/mol. The first-order valence-corrected chi connectivity index (χ1v) is 9.90. The monoisotopic (exact) mass is 371 g/mol. The molecule has 144 valence electrons. The van der Waals surface area contributed by atoms with E-state index in [1.54, 1.807) is 6.07 Å². The van der Waals surface area contributed by atoms with Crippen LogP contribution in [0.5, 0.6) is 0 Å². The second-order valence-electron chi connectivity index (χ2n) is 7.49. The summed E-state index contributed by atoms with van der Waals surface area (Å²) < 4.78 is 15.5. The van der Waals surface area contributed by atoms with Gasteiger partial charge in [0, 0.05) is 38.5 Å². The van der Waals surface area contributed by atoms with Gasteiger partial charge < -0.3 is 14.8 Å². The number of hydrogen-bond donors (Lipinski definition) is 1. The number of aryl methyl sites for hydroxylation is 1. The number of rotatable bonds is 3. The highest BCUT2D eigenvalue weighted by molar-refractivity contribution is 5.74. The van der Waals surface area contributed by atoms with Gasteiger partial charge in [-0.3, -0.25) is 0 Å². The second-order valence-corrected chi connectivity index (χ2v) is 7.49. The minimum absolute atomic E-state index is 0.0854. The maximum Gasteiger partial charge on any atom is 0.317 e. The van der Waals surface area contributed by atoms with Crippen LogP contribution in [0.25, 0.3) is 0 Å². The Morgan fingerprint density at radius 2 is 2.00 bits per heavy atom. The minimum atomic E-state index is -0.282. The van der Waals surface area contributed by atoms with Crippen LogP contribution in [0.1, 0.15) is 55.2 Å². The van der Waals surface area contributed by atoms with Crippen molar-refractivity contribution in [3.8, 4) is 0 Å². The molecule has 1 aromatic heterocycles. The first kappa shape index (κ1) is 17.9. The van der Waals surface area contributed by atoms with Crippen LogP contribution >= 0.6 is 0 Å². The van der Waals surface area contributed by atoms with Gasteiger partial charge >= 0.3 is 6.03 Å². The van der Waals surface area contributed by atoms with Crippen molar-refractivity contribution in [2.24, 2.45) is 0 Å². The highest BCUT2D eigenvalue weighted by Gasteiger charge is 2.28. The summed E-state index contributed by atoms with van der Waals surface area (Å²) >= 11 is 0. The van der Waals surface area contributed by atoms with E-state index in [0.29, 0.717) is 25.6 Å². The molecule has 27 heavy (non-hydrogen) atoms. The van der Waals surface area contributed by atoms with E-state index in [2.05, 4.69) is 20.1 Å². The van der Waals surface area contributed by atoms with Crippen LogP contribution in [-0.4, -0.2) is 38.8 Å². The van der Waals surface area contributed by atoms with Crippen molar-refractivity contribution in [3.05, 3.63) is 47.3 Å². The molecule has 2 amide bonds. The molecule has 0 aliphatic carbocycles. The summed E-state index contributed by atoms with van der Waals surface area (Å²) in [5.74, 6) is 2.32. The van der Waals surface area contributed by atoms with E-state index in [4.69, 9.17) is 0 Å². The zero-order valence-corrected chi connectivity index (χ0v) is 15.5. The molecule has 0 spiro atoms. The molecule has 1 fully saturated rings. The van der Waals surface area contributed by atoms with Crippen LogP contribution in [0.2, 0.25) is 0 Å². The lowest BCUT2D eigenvalue weighted by molar-refractivity contribution is 0.179. The molecule has 1 aromatic carbocycles. The normalized spacial score (nSPS) is 18.0. The summed E-state index contributed by atoms with van der Waals surface area (Å²) in [6, 6.07) is 6.24. The van der Waals surface area contributed by atoms with Gasteiger partial charge in [-0.1, -0.05) is 18.6 Å². The van der Waals surface area contributed by atoms with E-state index in [9.17, 15) is 9.18 Å². The molecule has 0 atom stereocenters. The Morgan fingerprint density at radius 1 is 1.15 bits per heavy atom. The van der Waals surface area contributed by atoms with E-state index in [1.165, 1.54) is 31.4 Å². The van der Waals surface area contributed by atoms with Gasteiger partial charge in [-0.15, -0.1) is 10.2 Å². The van der Waals surface area contributed by atoms with Crippen molar-refractivity contribution < 1.29 is 9.18 Å². The number of hydrogen-bond acceptors (Lipinski definition) is 3. The van der Waals surface area contributed by atoms with Gasteiger partial charge in [-0.2, -0.15) is 0 Å². The molecular formula is C20H26FN5O. The molecule has 2 aromatic rings. The number of carbonyl (C=O) groups excluding carboxylic acids is 1. The summed E-state index contributed by atoms with van der Waals surface area (Å²) in [5.41, 5.74) is 0.768. The lowest BCUT2D eigenvalue weighted by Crippen LogP contribution is -2.44. The standard InChI is InChI=1S/C20H26FN5O/c21-17-6-4-5-15(13-17)14-22-20(27)25-11-8-16(9-12-25)19-24-23-18-7-2-1-3-10-26(18)19/h4-6,13,16H,1-3,7-12,14H2,(H,22,27). The van der Waals surface area contributed by atoms with Crippen molar-refractivity contribution in [1.29, 1.82) is 0 Å². The number of nitrogens with zero attached hydrogens (tertiary/aromatic N) is 4. The number of halogens is 1. The largest absolute Gasteiger partial charge is 0.334 e. The number of benzene rings is 1. The molecule has 3 heterocycles. The molecule has 2 aliphatic rings. The highest BCUT2D eigenvalue weighted by Crippen LogP contribution is 2.28. The number of carbonyl (C=O) groups is 1. The molecule has 1 saturated heterocycles. The van der Waals surface area contributed by atoms with Gasteiger partial charge in [-0.25, -0.2) is 9.18 Å². The Morgan fingerprint density at radius 3 is 2.81 bits per heavy atom. The molecule has 4 rings (SSSR count). The van der Waals surface area contributed by atoms with Gasteiger partial charge in [0.15, 0.2) is 0 Å². The number of likely N-dealkylation sites (tertiary alicyclic amines) is 1. The van der Waals surface area contributed by atoms with Crippen LogP contribution < -0.4 is 5.32 Å². The predicted octanol–water partition coefficient (Wildman–Crippen LogP) is 3.23. The molecule has 0 bridgehead atoms. The average molecular weight is 371 g/mol. The number of aromatic nitrogens is 3. The maximum atomic E-state index is 13.2. The Balaban J connectivity index is 1.31. The molecule has 6 nitrogen and oxygen atoms in total. The van der Waals surface area contributed by atoms with Crippen molar-refractivity contribution >= 4 is 6.03 Å². The SMILES string of the molecule is O=C(NCc1cccc(F)c1)N1CCC(c2nnc3n2CCCCC3)CC1. The predicted molar refractivity (Wildman–Crippen MR) is 99.8 cm³/mol. The highest BCUT2D eigenvalue weighted by atomic mass is 19.1. The average Bonchev–Trinajstić information content (AvgIpc) is 2.94. The molecule has 1 N–H and O–H groups in total. The van der Waals surface area contributed by atoms with Crippen LogP contribution in [0, 0.1) is 5.82 Å². The third kappa shape index (κ3) is 4.12. The zero-order valence-electron chi connectivity index (χ0n) is 15.5. The number of fused-ring (bicyclic) bond motifs is 1. The number of piperidine rings is 1. The number of urea groups is 1. The van der Waals surface area contributed by atoms with Gasteiger partial charge in [0.1, 0.15) is 17.5 Å². The Hall–Kier alpha value is -2.44. The van der Waals surface area contributed by atoms with Crippen molar-refractivity contribution in [1.82, 2.24) is 25.0 Å². The molecule has 2 aliphatic heterocycles. The third-order valence-corrected chi connectivity index (χ3v) is 5.62. The fourth-order valence-electron chi connectivity index (χ4n) is 4.09. The smallest absolute Gasteiger partial charge is 0.317 e. The van der Waals surface area contributed by atoms with Crippen molar-refractivity contribution in [2.75, 3.05) is 13.1 Å². The quantitative estimate of drug-likeness (QED) is 0.901. The zero-order chi connectivity index (χ0) is 18.6. The Bertz CT molecular complexity index is 797. The third-order valence-electron chi connectivity index (χ3n) is 5.62.